The Morgan fingerprint density at radius 1 is 1.18 bits per heavy atom. The number of rotatable bonds is 10. The first-order valence-electron chi connectivity index (χ1n) is 6.22. The van der Waals surface area contributed by atoms with Crippen LogP contribution in [-0.4, -0.2) is 26.7 Å². The maximum atomic E-state index is 3.80. The minimum Gasteiger partial charge on any atom is -0.320 e. The van der Waals surface area contributed by atoms with E-state index in [-0.39, 0.29) is 0 Å². The highest BCUT2D eigenvalue weighted by Gasteiger charge is 1.96. The lowest BCUT2D eigenvalue weighted by Crippen LogP contribution is -2.19. The lowest BCUT2D eigenvalue weighted by molar-refractivity contribution is 0.625. The SMILES string of the molecule is C=C/C=C\C(CNCCCCNC)=C(/C)C=C. The molecule has 0 spiro atoms. The molecule has 2 heteroatoms. The van der Waals surface area contributed by atoms with E-state index in [4.69, 9.17) is 0 Å². The van der Waals surface area contributed by atoms with Crippen LogP contribution >= 0.6 is 0 Å². The summed E-state index contributed by atoms with van der Waals surface area (Å²) in [6.45, 7) is 12.6. The van der Waals surface area contributed by atoms with Crippen LogP contribution in [0.15, 0.2) is 48.6 Å². The molecule has 2 N–H and O–H groups in total. The van der Waals surface area contributed by atoms with E-state index >= 15 is 0 Å². The number of unbranched alkanes of at least 4 members (excludes halogenated alkanes) is 1. The molecular weight excluding hydrogens is 208 g/mol. The molecule has 0 radical (unpaired) electrons. The molecule has 0 fully saturated rings. The minimum atomic E-state index is 0.891. The first-order chi connectivity index (χ1) is 8.26. The average molecular weight is 234 g/mol. The summed E-state index contributed by atoms with van der Waals surface area (Å²) in [5.74, 6) is 0. The fourth-order valence-corrected chi connectivity index (χ4v) is 1.42. The van der Waals surface area contributed by atoms with Crippen molar-refractivity contribution in [3.63, 3.8) is 0 Å². The van der Waals surface area contributed by atoms with Gasteiger partial charge < -0.3 is 10.6 Å². The molecule has 0 aliphatic heterocycles. The van der Waals surface area contributed by atoms with Crippen LogP contribution in [0.5, 0.6) is 0 Å². The van der Waals surface area contributed by atoms with Gasteiger partial charge in [-0.15, -0.1) is 0 Å². The van der Waals surface area contributed by atoms with Crippen LogP contribution in [0.2, 0.25) is 0 Å². The van der Waals surface area contributed by atoms with E-state index in [2.05, 4.69) is 36.8 Å². The van der Waals surface area contributed by atoms with Crippen molar-refractivity contribution in [3.05, 3.63) is 48.6 Å². The van der Waals surface area contributed by atoms with Crippen molar-refractivity contribution in [1.29, 1.82) is 0 Å². The van der Waals surface area contributed by atoms with E-state index in [0.29, 0.717) is 0 Å². The second-order valence-electron chi connectivity index (χ2n) is 3.99. The Balaban J connectivity index is 3.98. The van der Waals surface area contributed by atoms with Gasteiger partial charge in [0, 0.05) is 6.54 Å². The Bertz CT molecular complexity index is 275. The average Bonchev–Trinajstić information content (AvgIpc) is 2.36. The number of nitrogens with one attached hydrogen (secondary N) is 2. The molecule has 2 nitrogen and oxygen atoms in total. The minimum absolute atomic E-state index is 0.891. The Morgan fingerprint density at radius 2 is 1.88 bits per heavy atom. The topological polar surface area (TPSA) is 24.1 Å². The van der Waals surface area contributed by atoms with Gasteiger partial charge in [-0.1, -0.05) is 37.5 Å². The molecule has 0 heterocycles. The van der Waals surface area contributed by atoms with E-state index in [9.17, 15) is 0 Å². The van der Waals surface area contributed by atoms with Crippen LogP contribution in [0, 0.1) is 0 Å². The molecule has 0 atom stereocenters. The molecule has 0 aromatic heterocycles. The van der Waals surface area contributed by atoms with E-state index in [1.165, 1.54) is 24.0 Å². The van der Waals surface area contributed by atoms with Gasteiger partial charge in [0.15, 0.2) is 0 Å². The van der Waals surface area contributed by atoms with Crippen molar-refractivity contribution in [3.8, 4) is 0 Å². The molecule has 0 saturated heterocycles. The maximum absolute atomic E-state index is 3.80. The summed E-state index contributed by atoms with van der Waals surface area (Å²) in [6, 6.07) is 0. The zero-order chi connectivity index (χ0) is 12.9. The Kier molecular flexibility index (Phi) is 10.6. The van der Waals surface area contributed by atoms with Gasteiger partial charge in [-0.25, -0.2) is 0 Å². The number of allylic oxidation sites excluding steroid dienone is 4. The quantitative estimate of drug-likeness (QED) is 0.449. The van der Waals surface area contributed by atoms with Gasteiger partial charge in [0.05, 0.1) is 0 Å². The Hall–Kier alpha value is -1.12. The third-order valence-corrected chi connectivity index (χ3v) is 2.59. The standard InChI is InChI=1S/C15H26N2/c1-5-7-10-15(14(3)6-2)13-17-12-9-8-11-16-4/h5-7,10,16-17H,1-2,8-9,11-13H2,3-4H3/b10-7-,15-14-. The molecule has 0 aliphatic carbocycles. The second kappa shape index (κ2) is 11.4. The fourth-order valence-electron chi connectivity index (χ4n) is 1.42. The Morgan fingerprint density at radius 3 is 2.47 bits per heavy atom. The maximum Gasteiger partial charge on any atom is 0.0208 e. The van der Waals surface area contributed by atoms with Gasteiger partial charge >= 0.3 is 0 Å². The van der Waals surface area contributed by atoms with Crippen LogP contribution in [0.25, 0.3) is 0 Å². The highest BCUT2D eigenvalue weighted by atomic mass is 14.9. The van der Waals surface area contributed by atoms with Gasteiger partial charge in [-0.3, -0.25) is 0 Å². The lowest BCUT2D eigenvalue weighted by atomic mass is 10.1. The predicted molar refractivity (Wildman–Crippen MR) is 78.3 cm³/mol. The molecule has 0 aromatic carbocycles. The first-order valence-corrected chi connectivity index (χ1v) is 6.22. The molecule has 17 heavy (non-hydrogen) atoms. The van der Waals surface area contributed by atoms with Crippen molar-refractivity contribution in [2.45, 2.75) is 19.8 Å². The van der Waals surface area contributed by atoms with Crippen LogP contribution in [0.3, 0.4) is 0 Å². The van der Waals surface area contributed by atoms with Crippen LogP contribution in [0.4, 0.5) is 0 Å². The van der Waals surface area contributed by atoms with E-state index in [1.807, 2.05) is 19.2 Å². The molecule has 0 unspecified atom stereocenters. The van der Waals surface area contributed by atoms with E-state index < -0.39 is 0 Å². The Labute approximate surface area is 106 Å². The molecule has 0 saturated carbocycles. The van der Waals surface area contributed by atoms with E-state index in [0.717, 1.165) is 19.6 Å². The van der Waals surface area contributed by atoms with Crippen LogP contribution < -0.4 is 10.6 Å². The summed E-state index contributed by atoms with van der Waals surface area (Å²) in [7, 11) is 1.99. The number of hydrogen-bond donors (Lipinski definition) is 2. The summed E-state index contributed by atoms with van der Waals surface area (Å²) < 4.78 is 0. The van der Waals surface area contributed by atoms with Crippen molar-refractivity contribution < 1.29 is 0 Å². The highest BCUT2D eigenvalue weighted by Crippen LogP contribution is 2.06. The lowest BCUT2D eigenvalue weighted by Gasteiger charge is -2.08. The van der Waals surface area contributed by atoms with Crippen molar-refractivity contribution in [1.82, 2.24) is 10.6 Å². The molecule has 0 aliphatic rings. The first kappa shape index (κ1) is 15.9. The third kappa shape index (κ3) is 8.66. The summed E-state index contributed by atoms with van der Waals surface area (Å²) in [5, 5.41) is 6.60. The van der Waals surface area contributed by atoms with Gasteiger partial charge in [-0.05, 0) is 51.0 Å². The third-order valence-electron chi connectivity index (χ3n) is 2.59. The zero-order valence-electron chi connectivity index (χ0n) is 11.3. The monoisotopic (exact) mass is 234 g/mol. The molecule has 0 rings (SSSR count). The smallest absolute Gasteiger partial charge is 0.0208 e. The molecule has 0 bridgehead atoms. The van der Waals surface area contributed by atoms with E-state index in [1.54, 1.807) is 6.08 Å². The predicted octanol–water partition coefficient (Wildman–Crippen LogP) is 2.82. The molecule has 0 aromatic rings. The fraction of sp³-hybridized carbons (Fsp3) is 0.467. The van der Waals surface area contributed by atoms with Crippen molar-refractivity contribution in [2.24, 2.45) is 0 Å². The van der Waals surface area contributed by atoms with Gasteiger partial charge in [0.1, 0.15) is 0 Å². The zero-order valence-corrected chi connectivity index (χ0v) is 11.3. The largest absolute Gasteiger partial charge is 0.320 e. The van der Waals surface area contributed by atoms with Crippen LogP contribution in [-0.2, 0) is 0 Å². The molecule has 96 valence electrons. The number of hydrogen-bond acceptors (Lipinski definition) is 2. The summed E-state index contributed by atoms with van der Waals surface area (Å²) in [6.07, 6.45) is 10.2. The highest BCUT2D eigenvalue weighted by molar-refractivity contribution is 5.33. The second-order valence-corrected chi connectivity index (χ2v) is 3.99. The van der Waals surface area contributed by atoms with Crippen molar-refractivity contribution >= 4 is 0 Å². The normalized spacial score (nSPS) is 12.6. The summed E-state index contributed by atoms with van der Waals surface area (Å²) in [4.78, 5) is 0. The van der Waals surface area contributed by atoms with Gasteiger partial charge in [0.25, 0.3) is 0 Å². The van der Waals surface area contributed by atoms with Gasteiger partial charge in [0.2, 0.25) is 0 Å². The molecule has 0 amide bonds. The summed E-state index contributed by atoms with van der Waals surface area (Å²) in [5.41, 5.74) is 2.49. The molecular formula is C15H26N2. The van der Waals surface area contributed by atoms with Crippen LogP contribution in [0.1, 0.15) is 19.8 Å². The van der Waals surface area contributed by atoms with Gasteiger partial charge in [-0.2, -0.15) is 0 Å². The summed E-state index contributed by atoms with van der Waals surface area (Å²) >= 11 is 0. The van der Waals surface area contributed by atoms with Crippen molar-refractivity contribution in [2.75, 3.05) is 26.7 Å².